The average molecular weight is 277 g/mol. The Kier molecular flexibility index (Phi) is 5.75. The highest BCUT2D eigenvalue weighted by Gasteiger charge is 2.37. The molecule has 0 aliphatic carbocycles. The molecule has 0 saturated carbocycles. The normalized spacial score (nSPS) is 19.7. The lowest BCUT2D eigenvalue weighted by atomic mass is 9.75. The number of hydrogen-bond acceptors (Lipinski definition) is 5. The minimum Gasteiger partial charge on any atom is -0.381 e. The number of ether oxygens (including phenoxy) is 1. The van der Waals surface area contributed by atoms with Crippen LogP contribution >= 0.6 is 0 Å². The quantitative estimate of drug-likeness (QED) is 0.733. The van der Waals surface area contributed by atoms with Crippen LogP contribution in [0.4, 0.5) is 0 Å². The van der Waals surface area contributed by atoms with Crippen LogP contribution in [0.2, 0.25) is 0 Å². The Labute approximate surface area is 109 Å². The molecular formula is C12H23NO4S. The number of sulfone groups is 1. The summed E-state index contributed by atoms with van der Waals surface area (Å²) in [5, 5.41) is 0. The Balaban J connectivity index is 2.48. The van der Waals surface area contributed by atoms with E-state index < -0.39 is 15.3 Å². The summed E-state index contributed by atoms with van der Waals surface area (Å²) in [5.74, 6) is 0.323. The van der Waals surface area contributed by atoms with Crippen LogP contribution in [0.15, 0.2) is 0 Å². The van der Waals surface area contributed by atoms with Crippen molar-refractivity contribution < 1.29 is 17.9 Å². The molecule has 0 aromatic heterocycles. The lowest BCUT2D eigenvalue weighted by Crippen LogP contribution is -2.43. The van der Waals surface area contributed by atoms with E-state index in [1.165, 1.54) is 0 Å². The Hall–Kier alpha value is -0.460. The molecule has 1 saturated heterocycles. The van der Waals surface area contributed by atoms with Gasteiger partial charge in [-0.1, -0.05) is 6.92 Å². The largest absolute Gasteiger partial charge is 0.381 e. The maximum atomic E-state index is 12.2. The van der Waals surface area contributed by atoms with Gasteiger partial charge in [0.05, 0.1) is 5.75 Å². The van der Waals surface area contributed by atoms with E-state index >= 15 is 0 Å². The van der Waals surface area contributed by atoms with Crippen molar-refractivity contribution in [2.24, 2.45) is 11.1 Å². The third-order valence-corrected chi connectivity index (χ3v) is 5.52. The van der Waals surface area contributed by atoms with E-state index in [1.807, 2.05) is 0 Å². The minimum absolute atomic E-state index is 0.0897. The van der Waals surface area contributed by atoms with Gasteiger partial charge in [0.25, 0.3) is 0 Å². The van der Waals surface area contributed by atoms with Gasteiger partial charge in [0.1, 0.15) is 15.6 Å². The van der Waals surface area contributed by atoms with Gasteiger partial charge in [-0.05, 0) is 19.3 Å². The zero-order chi connectivity index (χ0) is 13.6. The first-order valence-corrected chi connectivity index (χ1v) is 8.29. The Morgan fingerprint density at radius 2 is 1.94 bits per heavy atom. The van der Waals surface area contributed by atoms with Crippen LogP contribution in [0.1, 0.15) is 32.6 Å². The minimum atomic E-state index is -2.98. The highest BCUT2D eigenvalue weighted by atomic mass is 32.2. The molecule has 2 N–H and O–H groups in total. The van der Waals surface area contributed by atoms with Crippen molar-refractivity contribution in [3.63, 3.8) is 0 Å². The van der Waals surface area contributed by atoms with E-state index in [-0.39, 0.29) is 17.3 Å². The Bertz CT molecular complexity index is 372. The van der Waals surface area contributed by atoms with Crippen molar-refractivity contribution in [1.82, 2.24) is 0 Å². The fourth-order valence-corrected chi connectivity index (χ4v) is 3.09. The summed E-state index contributed by atoms with van der Waals surface area (Å²) in [7, 11) is -2.98. The van der Waals surface area contributed by atoms with Crippen LogP contribution in [0, 0.1) is 5.41 Å². The molecule has 0 spiro atoms. The van der Waals surface area contributed by atoms with E-state index in [9.17, 15) is 13.2 Å². The number of carbonyl (C=O) groups is 1. The summed E-state index contributed by atoms with van der Waals surface area (Å²) in [4.78, 5) is 12.2. The van der Waals surface area contributed by atoms with E-state index in [0.29, 0.717) is 45.4 Å². The predicted molar refractivity (Wildman–Crippen MR) is 70.1 cm³/mol. The molecule has 0 aromatic carbocycles. The SMILES string of the molecule is CCS(=O)(=O)CCCC(=O)C1(CN)CCOCC1. The van der Waals surface area contributed by atoms with Gasteiger partial charge in [0.15, 0.2) is 0 Å². The fourth-order valence-electron chi connectivity index (χ4n) is 2.22. The van der Waals surface area contributed by atoms with Gasteiger partial charge in [-0.25, -0.2) is 8.42 Å². The second-order valence-electron chi connectivity index (χ2n) is 4.86. The molecule has 1 aliphatic heterocycles. The van der Waals surface area contributed by atoms with Crippen LogP contribution in [0.5, 0.6) is 0 Å². The molecule has 106 valence electrons. The number of rotatable bonds is 7. The average Bonchev–Trinajstić information content (AvgIpc) is 2.39. The zero-order valence-corrected chi connectivity index (χ0v) is 11.8. The molecule has 1 fully saturated rings. The number of ketones is 1. The van der Waals surface area contributed by atoms with Crippen molar-refractivity contribution in [2.45, 2.75) is 32.6 Å². The lowest BCUT2D eigenvalue weighted by Gasteiger charge is -2.34. The monoisotopic (exact) mass is 277 g/mol. The lowest BCUT2D eigenvalue weighted by molar-refractivity contribution is -0.133. The van der Waals surface area contributed by atoms with Crippen LogP contribution in [-0.4, -0.2) is 45.5 Å². The first-order valence-electron chi connectivity index (χ1n) is 6.47. The Morgan fingerprint density at radius 3 is 2.44 bits per heavy atom. The smallest absolute Gasteiger partial charge is 0.150 e. The second-order valence-corrected chi connectivity index (χ2v) is 7.33. The summed E-state index contributed by atoms with van der Waals surface area (Å²) in [6, 6.07) is 0. The number of Topliss-reactive ketones (excluding diaryl/α,β-unsaturated/α-hetero) is 1. The summed E-state index contributed by atoms with van der Waals surface area (Å²) >= 11 is 0. The van der Waals surface area contributed by atoms with Gasteiger partial charge in [0.2, 0.25) is 0 Å². The summed E-state index contributed by atoms with van der Waals surface area (Å²) in [6.07, 6.45) is 2.01. The molecule has 1 aliphatic rings. The molecule has 1 heterocycles. The van der Waals surface area contributed by atoms with Gasteiger partial charge < -0.3 is 10.5 Å². The van der Waals surface area contributed by atoms with Crippen molar-refractivity contribution in [3.05, 3.63) is 0 Å². The van der Waals surface area contributed by atoms with Crippen molar-refractivity contribution in [2.75, 3.05) is 31.3 Å². The third-order valence-electron chi connectivity index (χ3n) is 3.73. The molecule has 18 heavy (non-hydrogen) atoms. The van der Waals surface area contributed by atoms with Gasteiger partial charge in [-0.3, -0.25) is 4.79 Å². The van der Waals surface area contributed by atoms with Gasteiger partial charge in [-0.15, -0.1) is 0 Å². The molecule has 0 amide bonds. The summed E-state index contributed by atoms with van der Waals surface area (Å²) < 4.78 is 28.0. The van der Waals surface area contributed by atoms with E-state index in [1.54, 1.807) is 6.92 Å². The first-order chi connectivity index (χ1) is 8.46. The molecule has 0 atom stereocenters. The number of nitrogens with two attached hydrogens (primary N) is 1. The van der Waals surface area contributed by atoms with Gasteiger partial charge >= 0.3 is 0 Å². The molecule has 0 unspecified atom stereocenters. The molecule has 1 rings (SSSR count). The predicted octanol–water partition coefficient (Wildman–Crippen LogP) is 0.526. The van der Waals surface area contributed by atoms with Crippen LogP contribution in [0.3, 0.4) is 0 Å². The number of carbonyl (C=O) groups excluding carboxylic acids is 1. The maximum Gasteiger partial charge on any atom is 0.150 e. The van der Waals surface area contributed by atoms with Crippen LogP contribution < -0.4 is 5.73 Å². The Morgan fingerprint density at radius 1 is 1.33 bits per heavy atom. The van der Waals surface area contributed by atoms with Crippen LogP contribution in [0.25, 0.3) is 0 Å². The first kappa shape index (κ1) is 15.6. The summed E-state index contributed by atoms with van der Waals surface area (Å²) in [6.45, 7) is 3.08. The fraction of sp³-hybridized carbons (Fsp3) is 0.917. The molecule has 0 bridgehead atoms. The summed E-state index contributed by atoms with van der Waals surface area (Å²) in [5.41, 5.74) is 5.25. The van der Waals surface area contributed by atoms with Crippen molar-refractivity contribution in [3.8, 4) is 0 Å². The third kappa shape index (κ3) is 4.03. The topological polar surface area (TPSA) is 86.5 Å². The highest BCUT2D eigenvalue weighted by Crippen LogP contribution is 2.31. The number of hydrogen-bond donors (Lipinski definition) is 1. The molecule has 6 heteroatoms. The highest BCUT2D eigenvalue weighted by molar-refractivity contribution is 7.91. The molecular weight excluding hydrogens is 254 g/mol. The molecule has 0 aromatic rings. The van der Waals surface area contributed by atoms with E-state index in [0.717, 1.165) is 0 Å². The standard InChI is InChI=1S/C12H23NO4S/c1-2-18(15,16)9-3-4-11(14)12(10-13)5-7-17-8-6-12/h2-10,13H2,1H3. The van der Waals surface area contributed by atoms with Crippen LogP contribution in [-0.2, 0) is 19.4 Å². The van der Waals surface area contributed by atoms with E-state index in [2.05, 4.69) is 0 Å². The maximum absolute atomic E-state index is 12.2. The second kappa shape index (κ2) is 6.63. The van der Waals surface area contributed by atoms with Gasteiger partial charge in [-0.2, -0.15) is 0 Å². The molecule has 0 radical (unpaired) electrons. The van der Waals surface area contributed by atoms with Gasteiger partial charge in [0, 0.05) is 37.3 Å². The van der Waals surface area contributed by atoms with Crippen molar-refractivity contribution >= 4 is 15.6 Å². The molecule has 5 nitrogen and oxygen atoms in total. The van der Waals surface area contributed by atoms with E-state index in [4.69, 9.17) is 10.5 Å². The van der Waals surface area contributed by atoms with Crippen molar-refractivity contribution in [1.29, 1.82) is 0 Å². The zero-order valence-electron chi connectivity index (χ0n) is 11.0.